The second kappa shape index (κ2) is 8.86. The molecule has 1 atom stereocenters. The van der Waals surface area contributed by atoms with Gasteiger partial charge in [0.1, 0.15) is 0 Å². The molecule has 1 aliphatic carbocycles. The molecule has 0 spiro atoms. The Morgan fingerprint density at radius 2 is 1.90 bits per heavy atom. The summed E-state index contributed by atoms with van der Waals surface area (Å²) >= 11 is 0. The third-order valence-electron chi connectivity index (χ3n) is 6.34. The van der Waals surface area contributed by atoms with E-state index < -0.39 is 0 Å². The number of rotatable bonds is 6. The summed E-state index contributed by atoms with van der Waals surface area (Å²) < 4.78 is 2.30. The number of fused-ring (bicyclic) bond motifs is 1. The van der Waals surface area contributed by atoms with Gasteiger partial charge < -0.3 is 9.88 Å². The topological polar surface area (TPSA) is 34.0 Å². The second-order valence-electron chi connectivity index (χ2n) is 8.46. The number of nitrogens with zero attached hydrogens (tertiary/aromatic N) is 1. The van der Waals surface area contributed by atoms with Crippen LogP contribution in [0.15, 0.2) is 54.7 Å². The van der Waals surface area contributed by atoms with Crippen LogP contribution in [0.1, 0.15) is 68.1 Å². The first-order valence-corrected chi connectivity index (χ1v) is 11.1. The predicted molar refractivity (Wildman–Crippen MR) is 120 cm³/mol. The minimum absolute atomic E-state index is 0.0659. The summed E-state index contributed by atoms with van der Waals surface area (Å²) in [5.74, 6) is 0.243. The number of benzene rings is 2. The van der Waals surface area contributed by atoms with E-state index in [0.717, 1.165) is 19.4 Å². The third-order valence-corrected chi connectivity index (χ3v) is 6.34. The Bertz CT molecular complexity index is 981. The molecule has 1 N–H and O–H groups in total. The van der Waals surface area contributed by atoms with Crippen LogP contribution in [-0.2, 0) is 11.3 Å². The summed E-state index contributed by atoms with van der Waals surface area (Å²) in [5.41, 5.74) is 4.96. The van der Waals surface area contributed by atoms with Gasteiger partial charge in [0.15, 0.2) is 0 Å². The van der Waals surface area contributed by atoms with E-state index in [9.17, 15) is 4.79 Å². The summed E-state index contributed by atoms with van der Waals surface area (Å²) in [6, 6.07) is 17.5. The number of carbonyl (C=O) groups is 1. The minimum Gasteiger partial charge on any atom is -0.353 e. The molecule has 1 unspecified atom stereocenters. The zero-order valence-electron chi connectivity index (χ0n) is 17.7. The smallest absolute Gasteiger partial charge is 0.221 e. The Labute approximate surface area is 174 Å². The molecule has 0 saturated heterocycles. The molecule has 1 fully saturated rings. The lowest BCUT2D eigenvalue weighted by atomic mass is 9.87. The van der Waals surface area contributed by atoms with Gasteiger partial charge >= 0.3 is 0 Å². The van der Waals surface area contributed by atoms with Crippen molar-refractivity contribution in [3.05, 3.63) is 71.4 Å². The van der Waals surface area contributed by atoms with Gasteiger partial charge in [-0.2, -0.15) is 0 Å². The Kier molecular flexibility index (Phi) is 6.03. The lowest BCUT2D eigenvalue weighted by Crippen LogP contribution is -2.36. The lowest BCUT2D eigenvalue weighted by Gasteiger charge is -2.24. The van der Waals surface area contributed by atoms with E-state index in [1.165, 1.54) is 46.9 Å². The standard InChI is InChI=1S/C26H32N2O/c1-3-28-18-24(22-14-7-8-15-25(22)28)23(20-11-9-10-19(2)16-20)17-26(29)27-21-12-5-4-6-13-21/h7-11,14-16,18,21,23H,3-6,12-13,17H2,1-2H3,(H,27,29). The van der Waals surface area contributed by atoms with Crippen LogP contribution in [0.25, 0.3) is 10.9 Å². The van der Waals surface area contributed by atoms with Crippen LogP contribution in [0, 0.1) is 6.92 Å². The highest BCUT2D eigenvalue weighted by Crippen LogP contribution is 2.35. The third kappa shape index (κ3) is 4.39. The average molecular weight is 389 g/mol. The molecule has 4 rings (SSSR count). The number of hydrogen-bond donors (Lipinski definition) is 1. The lowest BCUT2D eigenvalue weighted by molar-refractivity contribution is -0.122. The Morgan fingerprint density at radius 3 is 2.66 bits per heavy atom. The van der Waals surface area contributed by atoms with E-state index in [4.69, 9.17) is 0 Å². The SMILES string of the molecule is CCn1cc(C(CC(=O)NC2CCCCC2)c2cccc(C)c2)c2ccccc21. The fraction of sp³-hybridized carbons (Fsp3) is 0.423. The van der Waals surface area contributed by atoms with Gasteiger partial charge in [-0.3, -0.25) is 4.79 Å². The molecule has 0 bridgehead atoms. The number of aryl methyl sites for hydroxylation is 2. The summed E-state index contributed by atoms with van der Waals surface area (Å²) in [6.45, 7) is 5.22. The molecule has 3 heteroatoms. The van der Waals surface area contributed by atoms with Gasteiger partial charge in [0.25, 0.3) is 0 Å². The molecule has 3 nitrogen and oxygen atoms in total. The van der Waals surface area contributed by atoms with Crippen molar-refractivity contribution in [2.24, 2.45) is 0 Å². The Hall–Kier alpha value is -2.55. The molecule has 2 aromatic carbocycles. The minimum atomic E-state index is 0.0659. The summed E-state index contributed by atoms with van der Waals surface area (Å²) in [4.78, 5) is 13.0. The van der Waals surface area contributed by atoms with E-state index in [2.05, 4.69) is 78.5 Å². The highest BCUT2D eigenvalue weighted by molar-refractivity contribution is 5.86. The predicted octanol–water partition coefficient (Wildman–Crippen LogP) is 5.94. The van der Waals surface area contributed by atoms with Crippen LogP contribution in [0.3, 0.4) is 0 Å². The van der Waals surface area contributed by atoms with Crippen LogP contribution in [0.4, 0.5) is 0 Å². The van der Waals surface area contributed by atoms with Crippen molar-refractivity contribution in [3.8, 4) is 0 Å². The van der Waals surface area contributed by atoms with Gasteiger partial charge in [-0.05, 0) is 43.9 Å². The Balaban J connectivity index is 1.69. The normalized spacial score (nSPS) is 16.1. The van der Waals surface area contributed by atoms with E-state index in [-0.39, 0.29) is 11.8 Å². The molecule has 1 amide bonds. The van der Waals surface area contributed by atoms with Gasteiger partial charge in [0.2, 0.25) is 5.91 Å². The van der Waals surface area contributed by atoms with Gasteiger partial charge in [-0.25, -0.2) is 0 Å². The first kappa shape index (κ1) is 19.8. The zero-order valence-corrected chi connectivity index (χ0v) is 17.7. The van der Waals surface area contributed by atoms with Crippen LogP contribution in [-0.4, -0.2) is 16.5 Å². The van der Waals surface area contributed by atoms with Crippen LogP contribution in [0.5, 0.6) is 0 Å². The molecule has 1 heterocycles. The van der Waals surface area contributed by atoms with Gasteiger partial charge in [0, 0.05) is 42.0 Å². The molecule has 1 saturated carbocycles. The van der Waals surface area contributed by atoms with Crippen molar-refractivity contribution < 1.29 is 4.79 Å². The quantitative estimate of drug-likeness (QED) is 0.557. The first-order valence-electron chi connectivity index (χ1n) is 11.1. The van der Waals surface area contributed by atoms with Crippen LogP contribution >= 0.6 is 0 Å². The average Bonchev–Trinajstić information content (AvgIpc) is 3.11. The number of aromatic nitrogens is 1. The van der Waals surface area contributed by atoms with E-state index in [1.807, 2.05) is 0 Å². The van der Waals surface area contributed by atoms with Crippen molar-refractivity contribution in [3.63, 3.8) is 0 Å². The molecule has 29 heavy (non-hydrogen) atoms. The molecule has 1 aromatic heterocycles. The fourth-order valence-electron chi connectivity index (χ4n) is 4.83. The summed E-state index contributed by atoms with van der Waals surface area (Å²) in [5, 5.41) is 4.58. The van der Waals surface area contributed by atoms with Crippen LogP contribution < -0.4 is 5.32 Å². The van der Waals surface area contributed by atoms with Crippen molar-refractivity contribution in [2.75, 3.05) is 0 Å². The van der Waals surface area contributed by atoms with Gasteiger partial charge in [-0.1, -0.05) is 67.3 Å². The van der Waals surface area contributed by atoms with E-state index in [1.54, 1.807) is 0 Å². The maximum atomic E-state index is 13.0. The number of amides is 1. The highest BCUT2D eigenvalue weighted by atomic mass is 16.1. The first-order chi connectivity index (χ1) is 14.2. The largest absolute Gasteiger partial charge is 0.353 e. The molecule has 0 radical (unpaired) electrons. The molecule has 152 valence electrons. The van der Waals surface area contributed by atoms with E-state index in [0.29, 0.717) is 12.5 Å². The molecule has 0 aliphatic heterocycles. The van der Waals surface area contributed by atoms with Crippen molar-refractivity contribution >= 4 is 16.8 Å². The number of nitrogens with one attached hydrogen (secondary N) is 1. The fourth-order valence-corrected chi connectivity index (χ4v) is 4.83. The monoisotopic (exact) mass is 388 g/mol. The van der Waals surface area contributed by atoms with E-state index >= 15 is 0 Å². The molecule has 1 aliphatic rings. The van der Waals surface area contributed by atoms with Crippen LogP contribution in [0.2, 0.25) is 0 Å². The maximum absolute atomic E-state index is 13.0. The molecular weight excluding hydrogens is 356 g/mol. The zero-order chi connectivity index (χ0) is 20.2. The summed E-state index contributed by atoms with van der Waals surface area (Å²) in [6.07, 6.45) is 8.76. The van der Waals surface area contributed by atoms with Gasteiger partial charge in [-0.15, -0.1) is 0 Å². The van der Waals surface area contributed by atoms with Crippen molar-refractivity contribution in [1.29, 1.82) is 0 Å². The Morgan fingerprint density at radius 1 is 1.10 bits per heavy atom. The summed E-state index contributed by atoms with van der Waals surface area (Å²) in [7, 11) is 0. The maximum Gasteiger partial charge on any atom is 0.221 e. The highest BCUT2D eigenvalue weighted by Gasteiger charge is 2.24. The van der Waals surface area contributed by atoms with Gasteiger partial charge in [0.05, 0.1) is 0 Å². The number of para-hydroxylation sites is 1. The molecule has 3 aromatic rings. The van der Waals surface area contributed by atoms with Crippen molar-refractivity contribution in [2.45, 2.75) is 70.9 Å². The molecular formula is C26H32N2O. The van der Waals surface area contributed by atoms with Crippen molar-refractivity contribution in [1.82, 2.24) is 9.88 Å². The number of carbonyl (C=O) groups excluding carboxylic acids is 1. The second-order valence-corrected chi connectivity index (χ2v) is 8.46. The number of hydrogen-bond acceptors (Lipinski definition) is 1.